The molecule has 20 heavy (non-hydrogen) atoms. The molecule has 5 heteroatoms. The average molecular weight is 269 g/mol. The van der Waals surface area contributed by atoms with Crippen LogP contribution in [0, 0.1) is 0 Å². The molecule has 0 atom stereocenters. The molecule has 3 rings (SSSR count). The van der Waals surface area contributed by atoms with Gasteiger partial charge in [-0.15, -0.1) is 0 Å². The quantitative estimate of drug-likeness (QED) is 0.616. The van der Waals surface area contributed by atoms with E-state index in [9.17, 15) is 9.59 Å². The maximum Gasteiger partial charge on any atom is 0.296 e. The summed E-state index contributed by atoms with van der Waals surface area (Å²) in [5.41, 5.74) is 1.47. The predicted octanol–water partition coefficient (Wildman–Crippen LogP) is 1.82. The van der Waals surface area contributed by atoms with Gasteiger partial charge in [-0.25, -0.2) is 4.98 Å². The number of fused-ring (bicyclic) bond motifs is 1. The van der Waals surface area contributed by atoms with Gasteiger partial charge < -0.3 is 4.90 Å². The van der Waals surface area contributed by atoms with Crippen LogP contribution < -0.4 is 0 Å². The Morgan fingerprint density at radius 1 is 1.00 bits per heavy atom. The second-order valence-electron chi connectivity index (χ2n) is 4.93. The molecule has 1 fully saturated rings. The highest BCUT2D eigenvalue weighted by Gasteiger charge is 2.25. The first-order chi connectivity index (χ1) is 9.75. The van der Waals surface area contributed by atoms with E-state index in [-0.39, 0.29) is 5.69 Å². The molecule has 0 unspecified atom stereocenters. The van der Waals surface area contributed by atoms with E-state index in [1.807, 2.05) is 18.2 Å². The first kappa shape index (κ1) is 12.7. The number of rotatable bonds is 2. The van der Waals surface area contributed by atoms with Crippen LogP contribution in [0.2, 0.25) is 0 Å². The molecule has 0 aliphatic carbocycles. The Kier molecular flexibility index (Phi) is 3.41. The number of likely N-dealkylation sites (tertiary alicyclic amines) is 1. The first-order valence-corrected chi connectivity index (χ1v) is 6.81. The molecule has 1 aromatic carbocycles. The van der Waals surface area contributed by atoms with E-state index in [4.69, 9.17) is 0 Å². The summed E-state index contributed by atoms with van der Waals surface area (Å²) in [4.78, 5) is 34.4. The van der Waals surface area contributed by atoms with Crippen molar-refractivity contribution in [1.82, 2.24) is 14.9 Å². The molecule has 0 radical (unpaired) electrons. The molecule has 5 nitrogen and oxygen atoms in total. The molecule has 1 aliphatic rings. The van der Waals surface area contributed by atoms with Crippen LogP contribution >= 0.6 is 0 Å². The lowest BCUT2D eigenvalue weighted by Gasteiger charge is -2.25. The second-order valence-corrected chi connectivity index (χ2v) is 4.93. The van der Waals surface area contributed by atoms with Gasteiger partial charge in [-0.1, -0.05) is 12.1 Å². The lowest BCUT2D eigenvalue weighted by atomic mass is 10.1. The normalized spacial score (nSPS) is 15.3. The van der Waals surface area contributed by atoms with Crippen LogP contribution in [-0.4, -0.2) is 39.6 Å². The van der Waals surface area contributed by atoms with Gasteiger partial charge in [0, 0.05) is 13.1 Å². The number of ketones is 1. The molecule has 1 aliphatic heterocycles. The van der Waals surface area contributed by atoms with Crippen molar-refractivity contribution in [2.24, 2.45) is 0 Å². The Balaban J connectivity index is 1.86. The number of piperidine rings is 1. The van der Waals surface area contributed by atoms with E-state index < -0.39 is 11.7 Å². The van der Waals surface area contributed by atoms with E-state index >= 15 is 0 Å². The summed E-state index contributed by atoms with van der Waals surface area (Å²) in [6.45, 7) is 1.32. The maximum absolute atomic E-state index is 12.2. The third-order valence-electron chi connectivity index (χ3n) is 3.52. The summed E-state index contributed by atoms with van der Waals surface area (Å²) >= 11 is 0. The molecule has 1 saturated heterocycles. The van der Waals surface area contributed by atoms with Crippen molar-refractivity contribution in [3.05, 3.63) is 36.2 Å². The Hall–Kier alpha value is -2.30. The van der Waals surface area contributed by atoms with Gasteiger partial charge in [0.2, 0.25) is 0 Å². The van der Waals surface area contributed by atoms with Crippen molar-refractivity contribution < 1.29 is 9.59 Å². The van der Waals surface area contributed by atoms with Crippen LogP contribution in [0.15, 0.2) is 30.5 Å². The van der Waals surface area contributed by atoms with E-state index in [0.29, 0.717) is 18.6 Å². The van der Waals surface area contributed by atoms with Crippen LogP contribution in [-0.2, 0) is 4.79 Å². The van der Waals surface area contributed by atoms with Crippen LogP contribution in [0.25, 0.3) is 11.0 Å². The van der Waals surface area contributed by atoms with E-state index in [2.05, 4.69) is 9.97 Å². The van der Waals surface area contributed by atoms with Gasteiger partial charge in [0.05, 0.1) is 17.2 Å². The van der Waals surface area contributed by atoms with Gasteiger partial charge in [-0.05, 0) is 31.4 Å². The number of benzene rings is 1. The smallest absolute Gasteiger partial charge is 0.296 e. The lowest BCUT2D eigenvalue weighted by molar-refractivity contribution is -0.127. The van der Waals surface area contributed by atoms with E-state index in [1.54, 1.807) is 11.0 Å². The molecule has 0 spiro atoms. The molecule has 0 saturated carbocycles. The topological polar surface area (TPSA) is 63.2 Å². The van der Waals surface area contributed by atoms with Gasteiger partial charge >= 0.3 is 0 Å². The summed E-state index contributed by atoms with van der Waals surface area (Å²) in [5, 5.41) is 0. The molecular formula is C15H15N3O2. The van der Waals surface area contributed by atoms with Crippen LogP contribution in [0.5, 0.6) is 0 Å². The second kappa shape index (κ2) is 5.36. The molecular weight excluding hydrogens is 254 g/mol. The van der Waals surface area contributed by atoms with Crippen LogP contribution in [0.1, 0.15) is 29.8 Å². The molecule has 1 amide bonds. The third-order valence-corrected chi connectivity index (χ3v) is 3.52. The molecule has 102 valence electrons. The van der Waals surface area contributed by atoms with Gasteiger partial charge in [0.1, 0.15) is 5.69 Å². The summed E-state index contributed by atoms with van der Waals surface area (Å²) < 4.78 is 0. The maximum atomic E-state index is 12.2. The summed E-state index contributed by atoms with van der Waals surface area (Å²) in [6, 6.07) is 7.29. The number of carbonyl (C=O) groups is 2. The number of amides is 1. The van der Waals surface area contributed by atoms with E-state index in [1.165, 1.54) is 6.20 Å². The zero-order chi connectivity index (χ0) is 13.9. The molecule has 0 N–H and O–H groups in total. The monoisotopic (exact) mass is 269 g/mol. The fourth-order valence-electron chi connectivity index (χ4n) is 2.42. The Morgan fingerprint density at radius 3 is 2.45 bits per heavy atom. The van der Waals surface area contributed by atoms with Crippen molar-refractivity contribution in [1.29, 1.82) is 0 Å². The fourth-order valence-corrected chi connectivity index (χ4v) is 2.42. The zero-order valence-electron chi connectivity index (χ0n) is 11.1. The minimum atomic E-state index is -0.565. The van der Waals surface area contributed by atoms with Crippen molar-refractivity contribution in [2.45, 2.75) is 19.3 Å². The van der Waals surface area contributed by atoms with Gasteiger partial charge in [-0.3, -0.25) is 14.6 Å². The van der Waals surface area contributed by atoms with Crippen molar-refractivity contribution in [3.63, 3.8) is 0 Å². The molecule has 0 bridgehead atoms. The number of Topliss-reactive ketones (excluding diaryl/α,β-unsaturated/α-hetero) is 1. The largest absolute Gasteiger partial charge is 0.336 e. The van der Waals surface area contributed by atoms with Gasteiger partial charge in [0.25, 0.3) is 11.7 Å². The number of hydrogen-bond donors (Lipinski definition) is 0. The Bertz CT molecular complexity index is 663. The van der Waals surface area contributed by atoms with Crippen molar-refractivity contribution in [3.8, 4) is 0 Å². The lowest BCUT2D eigenvalue weighted by Crippen LogP contribution is -2.40. The summed E-state index contributed by atoms with van der Waals surface area (Å²) in [7, 11) is 0. The standard InChI is InChI=1S/C15H15N3O2/c19-14(15(20)18-8-4-1-5-9-18)13-10-16-11-6-2-3-7-12(11)17-13/h2-3,6-7,10H,1,4-5,8-9H2. The van der Waals surface area contributed by atoms with Crippen LogP contribution in [0.4, 0.5) is 0 Å². The molecule has 2 heterocycles. The third kappa shape index (κ3) is 2.39. The number of aromatic nitrogens is 2. The highest BCUT2D eigenvalue weighted by Crippen LogP contribution is 2.12. The predicted molar refractivity (Wildman–Crippen MR) is 74.3 cm³/mol. The minimum absolute atomic E-state index is 0.124. The number of para-hydroxylation sites is 2. The molecule has 2 aromatic rings. The van der Waals surface area contributed by atoms with Gasteiger partial charge in [0.15, 0.2) is 0 Å². The number of hydrogen-bond acceptors (Lipinski definition) is 4. The summed E-state index contributed by atoms with van der Waals surface area (Å²) in [6.07, 6.45) is 4.42. The first-order valence-electron chi connectivity index (χ1n) is 6.81. The highest BCUT2D eigenvalue weighted by molar-refractivity contribution is 6.42. The Morgan fingerprint density at radius 2 is 1.70 bits per heavy atom. The summed E-state index contributed by atoms with van der Waals surface area (Å²) in [5.74, 6) is -1.03. The highest BCUT2D eigenvalue weighted by atomic mass is 16.2. The average Bonchev–Trinajstić information content (AvgIpc) is 2.54. The molecule has 1 aromatic heterocycles. The zero-order valence-corrected chi connectivity index (χ0v) is 11.1. The van der Waals surface area contributed by atoms with Crippen molar-refractivity contribution in [2.75, 3.05) is 13.1 Å². The fraction of sp³-hybridized carbons (Fsp3) is 0.333. The van der Waals surface area contributed by atoms with E-state index in [0.717, 1.165) is 24.8 Å². The SMILES string of the molecule is O=C(C(=O)N1CCCCC1)c1cnc2ccccc2n1. The van der Waals surface area contributed by atoms with Gasteiger partial charge in [-0.2, -0.15) is 0 Å². The number of carbonyl (C=O) groups excluding carboxylic acids is 2. The van der Waals surface area contributed by atoms with Crippen LogP contribution in [0.3, 0.4) is 0 Å². The Labute approximate surface area is 116 Å². The van der Waals surface area contributed by atoms with Crippen molar-refractivity contribution >= 4 is 22.7 Å². The number of nitrogens with zero attached hydrogens (tertiary/aromatic N) is 3. The minimum Gasteiger partial charge on any atom is -0.336 e.